The molecule has 2 rings (SSSR count). The molecule has 2 aromatic rings. The Bertz CT molecular complexity index is 497. The van der Waals surface area contributed by atoms with E-state index in [1.54, 1.807) is 0 Å². The molecule has 0 saturated carbocycles. The number of benzene rings is 1. The summed E-state index contributed by atoms with van der Waals surface area (Å²) in [5, 5.41) is 13.5. The summed E-state index contributed by atoms with van der Waals surface area (Å²) < 4.78 is 0. The molecule has 2 N–H and O–H groups in total. The van der Waals surface area contributed by atoms with Gasteiger partial charge in [0.25, 0.3) is 0 Å². The van der Waals surface area contributed by atoms with Crippen LogP contribution in [0.4, 0.5) is 0 Å². The first kappa shape index (κ1) is 9.77. The highest BCUT2D eigenvalue weighted by Gasteiger charge is 2.13. The maximum atomic E-state index is 9.00. The van der Waals surface area contributed by atoms with Crippen molar-refractivity contribution in [2.75, 3.05) is 0 Å². The standard InChI is InChI=1S/C12H14N2O/c1-8(2)12(14-15)10-7-13-11-6-4-3-5-9(10)11/h3-8,13,15H,1-2H3/b14-12+. The van der Waals surface area contributed by atoms with E-state index in [0.717, 1.165) is 16.5 Å². The quantitative estimate of drug-likeness (QED) is 0.439. The van der Waals surface area contributed by atoms with Crippen LogP contribution < -0.4 is 0 Å². The number of fused-ring (bicyclic) bond motifs is 1. The molecular weight excluding hydrogens is 188 g/mol. The molecule has 0 amide bonds. The molecule has 0 saturated heterocycles. The fourth-order valence-electron chi connectivity index (χ4n) is 1.76. The van der Waals surface area contributed by atoms with E-state index in [0.29, 0.717) is 5.71 Å². The lowest BCUT2D eigenvalue weighted by Crippen LogP contribution is -2.08. The molecule has 1 aromatic carbocycles. The van der Waals surface area contributed by atoms with Crippen LogP contribution in [-0.4, -0.2) is 15.9 Å². The van der Waals surface area contributed by atoms with Crippen molar-refractivity contribution in [3.8, 4) is 0 Å². The molecule has 0 aliphatic carbocycles. The molecule has 3 heteroatoms. The third-order valence-electron chi connectivity index (χ3n) is 2.52. The molecule has 15 heavy (non-hydrogen) atoms. The lowest BCUT2D eigenvalue weighted by Gasteiger charge is -2.05. The summed E-state index contributed by atoms with van der Waals surface area (Å²) >= 11 is 0. The number of hydrogen-bond acceptors (Lipinski definition) is 2. The Hall–Kier alpha value is -1.77. The Labute approximate surface area is 88.4 Å². The number of para-hydroxylation sites is 1. The van der Waals surface area contributed by atoms with Crippen LogP contribution in [-0.2, 0) is 0 Å². The molecule has 0 bridgehead atoms. The van der Waals surface area contributed by atoms with Gasteiger partial charge in [-0.3, -0.25) is 0 Å². The molecular formula is C12H14N2O. The Morgan fingerprint density at radius 1 is 1.33 bits per heavy atom. The van der Waals surface area contributed by atoms with Gasteiger partial charge in [0.1, 0.15) is 0 Å². The largest absolute Gasteiger partial charge is 0.411 e. The predicted molar refractivity (Wildman–Crippen MR) is 61.5 cm³/mol. The highest BCUT2D eigenvalue weighted by molar-refractivity contribution is 6.11. The molecule has 1 heterocycles. The third kappa shape index (κ3) is 1.61. The summed E-state index contributed by atoms with van der Waals surface area (Å²) in [6, 6.07) is 7.99. The summed E-state index contributed by atoms with van der Waals surface area (Å²) in [5.74, 6) is 0.203. The van der Waals surface area contributed by atoms with Crippen LogP contribution in [0, 0.1) is 5.92 Å². The maximum absolute atomic E-state index is 9.00. The van der Waals surface area contributed by atoms with Crippen molar-refractivity contribution in [2.24, 2.45) is 11.1 Å². The van der Waals surface area contributed by atoms with Gasteiger partial charge in [0.15, 0.2) is 0 Å². The van der Waals surface area contributed by atoms with Crippen LogP contribution in [0.2, 0.25) is 0 Å². The number of H-pyrrole nitrogens is 1. The van der Waals surface area contributed by atoms with Crippen LogP contribution in [0.3, 0.4) is 0 Å². The van der Waals surface area contributed by atoms with Crippen molar-refractivity contribution in [3.63, 3.8) is 0 Å². The number of nitrogens with one attached hydrogen (secondary N) is 1. The van der Waals surface area contributed by atoms with Crippen molar-refractivity contribution in [1.82, 2.24) is 4.98 Å². The zero-order valence-electron chi connectivity index (χ0n) is 8.86. The van der Waals surface area contributed by atoms with E-state index in [-0.39, 0.29) is 5.92 Å². The predicted octanol–water partition coefficient (Wildman–Crippen LogP) is 3.00. The first-order valence-electron chi connectivity index (χ1n) is 5.02. The van der Waals surface area contributed by atoms with Crippen molar-refractivity contribution in [3.05, 3.63) is 36.0 Å². The Kier molecular flexibility index (Phi) is 2.46. The molecule has 1 aromatic heterocycles. The van der Waals surface area contributed by atoms with Crippen molar-refractivity contribution in [1.29, 1.82) is 0 Å². The highest BCUT2D eigenvalue weighted by Crippen LogP contribution is 2.21. The number of hydrogen-bond donors (Lipinski definition) is 2. The maximum Gasteiger partial charge on any atom is 0.0914 e. The second-order valence-electron chi connectivity index (χ2n) is 3.89. The highest BCUT2D eigenvalue weighted by atomic mass is 16.4. The van der Waals surface area contributed by atoms with E-state index in [1.165, 1.54) is 0 Å². The van der Waals surface area contributed by atoms with E-state index in [9.17, 15) is 0 Å². The van der Waals surface area contributed by atoms with Crippen LogP contribution >= 0.6 is 0 Å². The fourth-order valence-corrected chi connectivity index (χ4v) is 1.76. The third-order valence-corrected chi connectivity index (χ3v) is 2.52. The zero-order chi connectivity index (χ0) is 10.8. The van der Waals surface area contributed by atoms with Gasteiger partial charge in [-0.05, 0) is 12.0 Å². The van der Waals surface area contributed by atoms with Crippen LogP contribution in [0.15, 0.2) is 35.6 Å². The zero-order valence-corrected chi connectivity index (χ0v) is 8.86. The first-order valence-corrected chi connectivity index (χ1v) is 5.02. The molecule has 0 spiro atoms. The molecule has 0 fully saturated rings. The monoisotopic (exact) mass is 202 g/mol. The minimum Gasteiger partial charge on any atom is -0.411 e. The van der Waals surface area contributed by atoms with E-state index in [4.69, 9.17) is 5.21 Å². The average molecular weight is 202 g/mol. The van der Waals surface area contributed by atoms with Gasteiger partial charge >= 0.3 is 0 Å². The molecule has 0 atom stereocenters. The normalized spacial score (nSPS) is 12.6. The van der Waals surface area contributed by atoms with Crippen molar-refractivity contribution >= 4 is 16.6 Å². The average Bonchev–Trinajstić information content (AvgIpc) is 2.63. The summed E-state index contributed by atoms with van der Waals surface area (Å²) in [4.78, 5) is 3.17. The van der Waals surface area contributed by atoms with Gasteiger partial charge < -0.3 is 10.2 Å². The van der Waals surface area contributed by atoms with Gasteiger partial charge in [-0.25, -0.2) is 0 Å². The van der Waals surface area contributed by atoms with E-state index in [2.05, 4.69) is 10.1 Å². The molecule has 0 radical (unpaired) electrons. The Morgan fingerprint density at radius 2 is 2.07 bits per heavy atom. The van der Waals surface area contributed by atoms with Gasteiger partial charge in [0.2, 0.25) is 0 Å². The molecule has 0 unspecified atom stereocenters. The lowest BCUT2D eigenvalue weighted by molar-refractivity contribution is 0.316. The van der Waals surface area contributed by atoms with E-state index >= 15 is 0 Å². The molecule has 3 nitrogen and oxygen atoms in total. The summed E-state index contributed by atoms with van der Waals surface area (Å²) in [6.07, 6.45) is 1.89. The number of oxime groups is 1. The summed E-state index contributed by atoms with van der Waals surface area (Å²) in [6.45, 7) is 4.02. The van der Waals surface area contributed by atoms with Gasteiger partial charge in [-0.2, -0.15) is 0 Å². The SMILES string of the molecule is CC(C)/C(=N\O)c1c[nH]c2ccccc12. The number of aromatic amines is 1. The lowest BCUT2D eigenvalue weighted by atomic mass is 10.00. The second kappa shape index (κ2) is 3.77. The Balaban J connectivity index is 2.62. The van der Waals surface area contributed by atoms with Crippen LogP contribution in [0.1, 0.15) is 19.4 Å². The minimum absolute atomic E-state index is 0.203. The number of rotatable bonds is 2. The van der Waals surface area contributed by atoms with Gasteiger partial charge in [0.05, 0.1) is 5.71 Å². The van der Waals surface area contributed by atoms with Crippen LogP contribution in [0.5, 0.6) is 0 Å². The summed E-state index contributed by atoms with van der Waals surface area (Å²) in [5.41, 5.74) is 2.75. The van der Waals surface area contributed by atoms with Crippen molar-refractivity contribution < 1.29 is 5.21 Å². The summed E-state index contributed by atoms with van der Waals surface area (Å²) in [7, 11) is 0. The van der Waals surface area contributed by atoms with E-state index in [1.807, 2.05) is 44.3 Å². The first-order chi connectivity index (χ1) is 7.24. The van der Waals surface area contributed by atoms with Crippen molar-refractivity contribution in [2.45, 2.75) is 13.8 Å². The van der Waals surface area contributed by atoms with Gasteiger partial charge in [-0.1, -0.05) is 37.2 Å². The van der Waals surface area contributed by atoms with E-state index < -0.39 is 0 Å². The molecule has 0 aliphatic rings. The van der Waals surface area contributed by atoms with Gasteiger partial charge in [-0.15, -0.1) is 0 Å². The fraction of sp³-hybridized carbons (Fsp3) is 0.250. The van der Waals surface area contributed by atoms with Gasteiger partial charge in [0, 0.05) is 22.7 Å². The smallest absolute Gasteiger partial charge is 0.0914 e. The molecule has 78 valence electrons. The Morgan fingerprint density at radius 3 is 2.73 bits per heavy atom. The second-order valence-corrected chi connectivity index (χ2v) is 3.89. The van der Waals surface area contributed by atoms with Crippen LogP contribution in [0.25, 0.3) is 10.9 Å². The number of aromatic nitrogens is 1. The molecule has 0 aliphatic heterocycles. The minimum atomic E-state index is 0.203. The number of nitrogens with zero attached hydrogens (tertiary/aromatic N) is 1. The topological polar surface area (TPSA) is 48.4 Å².